The molecule has 1 amide bonds. The number of hydrogen-bond donors (Lipinski definition) is 2. The fraction of sp³-hybridized carbons (Fsp3) is 0.417. The molecule has 0 spiro atoms. The molecule has 0 radical (unpaired) electrons. The van der Waals surface area contributed by atoms with Gasteiger partial charge in [0.2, 0.25) is 5.91 Å². The Morgan fingerprint density at radius 2 is 2.06 bits per heavy atom. The van der Waals surface area contributed by atoms with E-state index in [1.54, 1.807) is 0 Å². The first kappa shape index (κ1) is 12.5. The van der Waals surface area contributed by atoms with E-state index in [1.165, 1.54) is 5.56 Å². The lowest BCUT2D eigenvalue weighted by Crippen LogP contribution is -2.29. The number of rotatable bonds is 6. The van der Waals surface area contributed by atoms with Crippen molar-refractivity contribution in [2.75, 3.05) is 19.7 Å². The van der Waals surface area contributed by atoms with E-state index >= 15 is 0 Å². The van der Waals surface area contributed by atoms with Gasteiger partial charge in [0.05, 0.1) is 6.54 Å². The number of nitrogens with two attached hydrogens (primary N) is 1. The summed E-state index contributed by atoms with van der Waals surface area (Å²) in [6.07, 6.45) is 0.366. The molecule has 0 saturated heterocycles. The van der Waals surface area contributed by atoms with Crippen LogP contribution in [0.2, 0.25) is 0 Å². The molecule has 0 heterocycles. The average molecular weight is 222 g/mol. The zero-order valence-corrected chi connectivity index (χ0v) is 9.53. The van der Waals surface area contributed by atoms with E-state index in [0.717, 1.165) is 5.75 Å². The second-order valence-electron chi connectivity index (χ2n) is 3.55. The Labute approximate surface area is 95.8 Å². The van der Waals surface area contributed by atoms with Crippen LogP contribution in [0.5, 0.6) is 5.75 Å². The Bertz CT molecular complexity index is 322. The quantitative estimate of drug-likeness (QED) is 0.701. The number of ether oxygens (including phenoxy) is 1. The van der Waals surface area contributed by atoms with Crippen molar-refractivity contribution in [1.82, 2.24) is 5.32 Å². The van der Waals surface area contributed by atoms with Gasteiger partial charge in [-0.2, -0.15) is 0 Å². The smallest absolute Gasteiger partial charge is 0.221 e. The lowest BCUT2D eigenvalue weighted by Gasteiger charge is -2.07. The summed E-state index contributed by atoms with van der Waals surface area (Å²) in [5.41, 5.74) is 6.44. The molecule has 0 aliphatic rings. The molecule has 0 aromatic heterocycles. The minimum atomic E-state index is -0.0324. The summed E-state index contributed by atoms with van der Waals surface area (Å²) in [5, 5.41) is 2.72. The van der Waals surface area contributed by atoms with Crippen LogP contribution in [-0.2, 0) is 4.79 Å². The van der Waals surface area contributed by atoms with Crippen LogP contribution in [0.15, 0.2) is 24.3 Å². The lowest BCUT2D eigenvalue weighted by molar-refractivity contribution is -0.120. The highest BCUT2D eigenvalue weighted by atomic mass is 16.5. The number of benzene rings is 1. The first-order valence-electron chi connectivity index (χ1n) is 5.38. The Balaban J connectivity index is 2.16. The molecule has 0 saturated carbocycles. The SMILES string of the molecule is Cc1ccc(OCCNC(=O)CCN)cc1. The molecule has 88 valence electrons. The van der Waals surface area contributed by atoms with Crippen molar-refractivity contribution in [2.24, 2.45) is 5.73 Å². The molecule has 0 atom stereocenters. The van der Waals surface area contributed by atoms with Crippen LogP contribution in [0.3, 0.4) is 0 Å². The summed E-state index contributed by atoms with van der Waals surface area (Å²) in [6.45, 7) is 3.38. The third kappa shape index (κ3) is 4.79. The third-order valence-corrected chi connectivity index (χ3v) is 2.09. The predicted octanol–water partition coefficient (Wildman–Crippen LogP) is 0.839. The highest BCUT2D eigenvalue weighted by Gasteiger charge is 1.98. The van der Waals surface area contributed by atoms with Crippen molar-refractivity contribution in [3.05, 3.63) is 29.8 Å². The Morgan fingerprint density at radius 3 is 2.69 bits per heavy atom. The molecular weight excluding hydrogens is 204 g/mol. The largest absolute Gasteiger partial charge is 0.492 e. The average Bonchev–Trinajstić information content (AvgIpc) is 2.27. The molecule has 4 nitrogen and oxygen atoms in total. The summed E-state index contributed by atoms with van der Waals surface area (Å²) >= 11 is 0. The van der Waals surface area contributed by atoms with Gasteiger partial charge in [-0.15, -0.1) is 0 Å². The second-order valence-corrected chi connectivity index (χ2v) is 3.55. The predicted molar refractivity (Wildman–Crippen MR) is 63.4 cm³/mol. The monoisotopic (exact) mass is 222 g/mol. The molecule has 16 heavy (non-hydrogen) atoms. The molecule has 1 rings (SSSR count). The summed E-state index contributed by atoms with van der Waals surface area (Å²) in [5.74, 6) is 0.786. The van der Waals surface area contributed by atoms with Crippen LogP contribution in [0.25, 0.3) is 0 Å². The van der Waals surface area contributed by atoms with Gasteiger partial charge in [0.1, 0.15) is 12.4 Å². The molecular formula is C12H18N2O2. The molecule has 3 N–H and O–H groups in total. The summed E-state index contributed by atoms with van der Waals surface area (Å²) in [7, 11) is 0. The van der Waals surface area contributed by atoms with E-state index in [9.17, 15) is 4.79 Å². The van der Waals surface area contributed by atoms with E-state index in [2.05, 4.69) is 5.32 Å². The van der Waals surface area contributed by atoms with Gasteiger partial charge in [0.25, 0.3) is 0 Å². The minimum absolute atomic E-state index is 0.0324. The standard InChI is InChI=1S/C12H18N2O2/c1-10-2-4-11(5-3-10)16-9-8-14-12(15)6-7-13/h2-5H,6-9,13H2,1H3,(H,14,15). The Morgan fingerprint density at radius 1 is 1.38 bits per heavy atom. The first-order chi connectivity index (χ1) is 7.72. The second kappa shape index (κ2) is 6.85. The van der Waals surface area contributed by atoms with Crippen molar-refractivity contribution in [1.29, 1.82) is 0 Å². The zero-order chi connectivity index (χ0) is 11.8. The van der Waals surface area contributed by atoms with Gasteiger partial charge in [0.15, 0.2) is 0 Å². The molecule has 0 bridgehead atoms. The van der Waals surface area contributed by atoms with E-state index in [0.29, 0.717) is 26.1 Å². The fourth-order valence-electron chi connectivity index (χ4n) is 1.21. The van der Waals surface area contributed by atoms with Crippen molar-refractivity contribution in [3.63, 3.8) is 0 Å². The molecule has 1 aromatic rings. The van der Waals surface area contributed by atoms with Crippen LogP contribution in [-0.4, -0.2) is 25.6 Å². The number of nitrogens with one attached hydrogen (secondary N) is 1. The van der Waals surface area contributed by atoms with Crippen molar-refractivity contribution in [2.45, 2.75) is 13.3 Å². The van der Waals surface area contributed by atoms with Crippen LogP contribution < -0.4 is 15.8 Å². The Hall–Kier alpha value is -1.55. The third-order valence-electron chi connectivity index (χ3n) is 2.09. The van der Waals surface area contributed by atoms with Gasteiger partial charge in [-0.3, -0.25) is 4.79 Å². The van der Waals surface area contributed by atoms with Crippen LogP contribution in [0.4, 0.5) is 0 Å². The summed E-state index contributed by atoms with van der Waals surface area (Å²) < 4.78 is 5.44. The number of aryl methyl sites for hydroxylation is 1. The highest BCUT2D eigenvalue weighted by Crippen LogP contribution is 2.10. The maximum atomic E-state index is 11.1. The topological polar surface area (TPSA) is 64.3 Å². The fourth-order valence-corrected chi connectivity index (χ4v) is 1.21. The zero-order valence-electron chi connectivity index (χ0n) is 9.53. The van der Waals surface area contributed by atoms with E-state index in [-0.39, 0.29) is 5.91 Å². The Kier molecular flexibility index (Phi) is 5.36. The maximum absolute atomic E-state index is 11.1. The van der Waals surface area contributed by atoms with Crippen LogP contribution >= 0.6 is 0 Å². The molecule has 4 heteroatoms. The first-order valence-corrected chi connectivity index (χ1v) is 5.38. The van der Waals surface area contributed by atoms with Gasteiger partial charge >= 0.3 is 0 Å². The molecule has 0 fully saturated rings. The number of carbonyl (C=O) groups excluding carboxylic acids is 1. The minimum Gasteiger partial charge on any atom is -0.492 e. The van der Waals surface area contributed by atoms with E-state index < -0.39 is 0 Å². The number of hydrogen-bond acceptors (Lipinski definition) is 3. The van der Waals surface area contributed by atoms with E-state index in [4.69, 9.17) is 10.5 Å². The van der Waals surface area contributed by atoms with Crippen molar-refractivity contribution >= 4 is 5.91 Å². The van der Waals surface area contributed by atoms with Crippen molar-refractivity contribution in [3.8, 4) is 5.75 Å². The molecule has 0 aliphatic carbocycles. The highest BCUT2D eigenvalue weighted by molar-refractivity contribution is 5.75. The number of carbonyl (C=O) groups is 1. The van der Waals surface area contributed by atoms with Gasteiger partial charge in [-0.25, -0.2) is 0 Å². The van der Waals surface area contributed by atoms with Gasteiger partial charge in [0, 0.05) is 13.0 Å². The van der Waals surface area contributed by atoms with Gasteiger partial charge in [-0.05, 0) is 19.1 Å². The van der Waals surface area contributed by atoms with Gasteiger partial charge in [-0.1, -0.05) is 17.7 Å². The summed E-state index contributed by atoms with van der Waals surface area (Å²) in [4.78, 5) is 11.1. The maximum Gasteiger partial charge on any atom is 0.221 e. The molecule has 0 unspecified atom stereocenters. The molecule has 0 aliphatic heterocycles. The molecule has 1 aromatic carbocycles. The normalized spacial score (nSPS) is 9.88. The van der Waals surface area contributed by atoms with Gasteiger partial charge < -0.3 is 15.8 Å². The van der Waals surface area contributed by atoms with Crippen LogP contribution in [0.1, 0.15) is 12.0 Å². The number of amides is 1. The summed E-state index contributed by atoms with van der Waals surface area (Å²) in [6, 6.07) is 7.80. The lowest BCUT2D eigenvalue weighted by atomic mass is 10.2. The van der Waals surface area contributed by atoms with Crippen molar-refractivity contribution < 1.29 is 9.53 Å². The van der Waals surface area contributed by atoms with Crippen LogP contribution in [0, 0.1) is 6.92 Å². The van der Waals surface area contributed by atoms with E-state index in [1.807, 2.05) is 31.2 Å².